The fourth-order valence-corrected chi connectivity index (χ4v) is 0. The van der Waals surface area contributed by atoms with Gasteiger partial charge < -0.3 is 0 Å². The van der Waals surface area contributed by atoms with Crippen LogP contribution in [0.5, 0.6) is 0 Å². The van der Waals surface area contributed by atoms with E-state index in [2.05, 4.69) is 27.6 Å². The van der Waals surface area contributed by atoms with E-state index in [9.17, 15) is 4.57 Å². The fourth-order valence-electron chi connectivity index (χ4n) is 0. The van der Waals surface area contributed by atoms with Crippen LogP contribution in [0.2, 0.25) is 0 Å². The van der Waals surface area contributed by atoms with Gasteiger partial charge in [-0.25, -0.2) is 11.0 Å². The number of hydrogen-bond donors (Lipinski definition) is 2. The van der Waals surface area contributed by atoms with Crippen molar-refractivity contribution in [3.05, 3.63) is 0 Å². The van der Waals surface area contributed by atoms with Crippen molar-refractivity contribution >= 4 is 20.0 Å². The summed E-state index contributed by atoms with van der Waals surface area (Å²) in [6.45, 7) is 0. The fraction of sp³-hybridized carbons (Fsp3) is 0. The Kier molecular flexibility index (Phi) is 1.80. The maximum Gasteiger partial charge on any atom is 0.329 e. The molecule has 0 aliphatic heterocycles. The Bertz CT molecular complexity index is 93.0. The second-order valence-corrected chi connectivity index (χ2v) is 2.75. The minimum atomic E-state index is -3.21. The molecule has 0 aromatic carbocycles. The highest BCUT2D eigenvalue weighted by molar-refractivity contribution is 7.65. The lowest BCUT2D eigenvalue weighted by Crippen LogP contribution is -1.99. The highest BCUT2D eigenvalue weighted by atomic mass is 32.1. The standard InChI is InChI=1S/H4N3OPS/c1-5(2,4)3-6/h(H4,1,2,4). The zero-order chi connectivity index (χ0) is 5.21. The minimum absolute atomic E-state index is 2.72. The molecule has 0 aromatic rings. The molecule has 0 bridgehead atoms. The number of rotatable bonds is 1. The lowest BCUT2D eigenvalue weighted by Gasteiger charge is -1.88. The maximum absolute atomic E-state index is 9.87. The molecule has 36 valence electrons. The van der Waals surface area contributed by atoms with E-state index in [-0.39, 0.29) is 0 Å². The molecule has 4 N–H and O–H groups in total. The van der Waals surface area contributed by atoms with Crippen molar-refractivity contribution in [1.82, 2.24) is 0 Å². The third kappa shape index (κ3) is 4.17. The molecule has 0 aliphatic carbocycles. The minimum Gasteiger partial charge on any atom is -0.262 e. The third-order valence-corrected chi connectivity index (χ3v) is 1.15. The summed E-state index contributed by atoms with van der Waals surface area (Å²) in [5.41, 5.74) is 9.19. The van der Waals surface area contributed by atoms with Crippen LogP contribution < -0.4 is 11.0 Å². The molecule has 0 atom stereocenters. The van der Waals surface area contributed by atoms with E-state index in [0.717, 1.165) is 0 Å². The van der Waals surface area contributed by atoms with Gasteiger partial charge in [0.1, 0.15) is 0 Å². The smallest absolute Gasteiger partial charge is 0.262 e. The lowest BCUT2D eigenvalue weighted by atomic mass is 13.8. The molecule has 0 radical (unpaired) electrons. The Morgan fingerprint density at radius 2 is 1.83 bits per heavy atom. The van der Waals surface area contributed by atoms with Crippen molar-refractivity contribution in [2.45, 2.75) is 0 Å². The van der Waals surface area contributed by atoms with Crippen LogP contribution in [0.3, 0.4) is 0 Å². The SMILES string of the molecule is NP(N)(=O)N=S. The largest absolute Gasteiger partial charge is 0.329 e. The van der Waals surface area contributed by atoms with Crippen molar-refractivity contribution in [2.24, 2.45) is 15.1 Å². The molecule has 0 aromatic heterocycles. The molecule has 6 heavy (non-hydrogen) atoms. The zero-order valence-corrected chi connectivity index (χ0v) is 4.58. The summed E-state index contributed by atoms with van der Waals surface area (Å²) < 4.78 is 12.6. The van der Waals surface area contributed by atoms with E-state index in [4.69, 9.17) is 0 Å². The van der Waals surface area contributed by atoms with Crippen molar-refractivity contribution in [3.8, 4) is 0 Å². The molecule has 0 amide bonds. The van der Waals surface area contributed by atoms with Crippen molar-refractivity contribution < 1.29 is 4.57 Å². The van der Waals surface area contributed by atoms with Gasteiger partial charge in [-0.15, -0.1) is 4.13 Å². The Hall–Kier alpha value is 0.170. The van der Waals surface area contributed by atoms with Crippen molar-refractivity contribution in [3.63, 3.8) is 0 Å². The molecule has 0 fully saturated rings. The number of nitrogens with zero attached hydrogens (tertiary/aromatic N) is 1. The van der Waals surface area contributed by atoms with Crippen LogP contribution in [0, 0.1) is 0 Å². The Morgan fingerprint density at radius 1 is 1.67 bits per heavy atom. The molecule has 0 spiro atoms. The highest BCUT2D eigenvalue weighted by Gasteiger charge is 1.99. The summed E-state index contributed by atoms with van der Waals surface area (Å²) in [6.07, 6.45) is 0. The normalized spacial score (nSPS) is 11.0. The Balaban J connectivity index is 3.81. The Morgan fingerprint density at radius 3 is 1.83 bits per heavy atom. The summed E-state index contributed by atoms with van der Waals surface area (Å²) >= 11 is 3.90. The molecule has 0 saturated heterocycles. The predicted octanol–water partition coefficient (Wildman–Crippen LogP) is -0.258. The van der Waals surface area contributed by atoms with Crippen LogP contribution in [0.1, 0.15) is 0 Å². The summed E-state index contributed by atoms with van der Waals surface area (Å²) in [5, 5.41) is 0. The van der Waals surface area contributed by atoms with E-state index in [1.807, 2.05) is 0 Å². The average molecular weight is 125 g/mol. The van der Waals surface area contributed by atoms with Gasteiger partial charge in [-0.2, -0.15) is 0 Å². The topological polar surface area (TPSA) is 81.5 Å². The van der Waals surface area contributed by atoms with Crippen molar-refractivity contribution in [2.75, 3.05) is 0 Å². The molecule has 0 saturated carbocycles. The van der Waals surface area contributed by atoms with Gasteiger partial charge in [0.25, 0.3) is 0 Å². The van der Waals surface area contributed by atoms with Gasteiger partial charge >= 0.3 is 7.59 Å². The maximum atomic E-state index is 9.87. The van der Waals surface area contributed by atoms with Crippen LogP contribution in [-0.4, -0.2) is 0 Å². The van der Waals surface area contributed by atoms with Gasteiger partial charge in [0.15, 0.2) is 0 Å². The number of hydrogen-bond acceptors (Lipinski definition) is 2. The van der Waals surface area contributed by atoms with E-state index in [1.165, 1.54) is 0 Å². The van der Waals surface area contributed by atoms with Gasteiger partial charge in [0.05, 0.1) is 0 Å². The molecule has 0 aliphatic rings. The molecule has 4 nitrogen and oxygen atoms in total. The molecule has 0 heterocycles. The van der Waals surface area contributed by atoms with Crippen LogP contribution in [0.4, 0.5) is 0 Å². The first-order chi connectivity index (χ1) is 2.56. The second-order valence-electron chi connectivity index (χ2n) is 0.754. The monoisotopic (exact) mass is 125 g/mol. The highest BCUT2D eigenvalue weighted by Crippen LogP contribution is 2.24. The first-order valence-corrected chi connectivity index (χ1v) is 3.24. The summed E-state index contributed by atoms with van der Waals surface area (Å²) in [7, 11) is -3.21. The third-order valence-electron chi connectivity index (χ3n) is 0.128. The molecule has 0 unspecified atom stereocenters. The molecule has 0 rings (SSSR count). The average Bonchev–Trinajstić information content (AvgIpc) is 1.35. The van der Waals surface area contributed by atoms with Crippen LogP contribution in [0.15, 0.2) is 4.13 Å². The summed E-state index contributed by atoms with van der Waals surface area (Å²) in [4.78, 5) is 0. The quantitative estimate of drug-likeness (QED) is 0.473. The zero-order valence-electron chi connectivity index (χ0n) is 2.87. The molecular formula is H4N3OPS. The van der Waals surface area contributed by atoms with Crippen LogP contribution in [-0.2, 0) is 17.0 Å². The lowest BCUT2D eigenvalue weighted by molar-refractivity contribution is 0.578. The number of nitrogens with two attached hydrogens (primary N) is 2. The van der Waals surface area contributed by atoms with E-state index < -0.39 is 7.59 Å². The van der Waals surface area contributed by atoms with E-state index in [0.29, 0.717) is 0 Å². The Labute approximate surface area is 40.6 Å². The first kappa shape index (κ1) is 6.17. The van der Waals surface area contributed by atoms with E-state index in [1.54, 1.807) is 0 Å². The summed E-state index contributed by atoms with van der Waals surface area (Å²) in [6, 6.07) is 0. The molecule has 6 heteroatoms. The van der Waals surface area contributed by atoms with Gasteiger partial charge in [0, 0.05) is 12.4 Å². The second kappa shape index (κ2) is 1.75. The van der Waals surface area contributed by atoms with Crippen molar-refractivity contribution in [1.29, 1.82) is 0 Å². The van der Waals surface area contributed by atoms with Gasteiger partial charge in [0.2, 0.25) is 0 Å². The predicted molar refractivity (Wildman–Crippen MR) is 25.8 cm³/mol. The van der Waals surface area contributed by atoms with Gasteiger partial charge in [-0.05, 0) is 0 Å². The van der Waals surface area contributed by atoms with Gasteiger partial charge in [-0.3, -0.25) is 4.57 Å². The van der Waals surface area contributed by atoms with Gasteiger partial charge in [-0.1, -0.05) is 0 Å². The van der Waals surface area contributed by atoms with Crippen LogP contribution in [0.25, 0.3) is 0 Å². The van der Waals surface area contributed by atoms with E-state index >= 15 is 0 Å². The molecular weight excluding hydrogens is 121 g/mol. The van der Waals surface area contributed by atoms with Crippen LogP contribution >= 0.6 is 7.59 Å². The first-order valence-electron chi connectivity index (χ1n) is 1.08. The summed E-state index contributed by atoms with van der Waals surface area (Å²) in [5.74, 6) is 0.